The van der Waals surface area contributed by atoms with Gasteiger partial charge in [0.1, 0.15) is 0 Å². The molecule has 0 aromatic carbocycles. The zero-order chi connectivity index (χ0) is 12.3. The molecule has 1 aromatic rings. The molecule has 4 heteroatoms. The maximum absolute atomic E-state index is 5.40. The Morgan fingerprint density at radius 1 is 1.41 bits per heavy atom. The van der Waals surface area contributed by atoms with Gasteiger partial charge in [-0.15, -0.1) is 0 Å². The fraction of sp³-hybridized carbons (Fsp3) is 0.769. The van der Waals surface area contributed by atoms with Crippen LogP contribution >= 0.6 is 0 Å². The van der Waals surface area contributed by atoms with E-state index in [0.717, 1.165) is 32.6 Å². The Hall–Kier alpha value is -0.870. The number of imidazole rings is 1. The summed E-state index contributed by atoms with van der Waals surface area (Å²) in [5.74, 6) is 0. The lowest BCUT2D eigenvalue weighted by Crippen LogP contribution is -2.36. The topological polar surface area (TPSA) is 39.1 Å². The molecule has 1 aromatic heterocycles. The first-order valence-electron chi connectivity index (χ1n) is 6.40. The van der Waals surface area contributed by atoms with Gasteiger partial charge in [-0.1, -0.05) is 0 Å². The highest BCUT2D eigenvalue weighted by molar-refractivity contribution is 5.01. The second-order valence-electron chi connectivity index (χ2n) is 5.74. The van der Waals surface area contributed by atoms with Gasteiger partial charge < -0.3 is 14.6 Å². The molecule has 0 aliphatic carbocycles. The molecule has 96 valence electrons. The lowest BCUT2D eigenvalue weighted by molar-refractivity contribution is 0.0687. The van der Waals surface area contributed by atoms with E-state index in [1.165, 1.54) is 5.69 Å². The summed E-state index contributed by atoms with van der Waals surface area (Å²) in [6, 6.07) is 0.558. The van der Waals surface area contributed by atoms with E-state index in [1.54, 1.807) is 0 Å². The third-order valence-electron chi connectivity index (χ3n) is 3.13. The maximum Gasteiger partial charge on any atom is 0.0951 e. The van der Waals surface area contributed by atoms with Crippen LogP contribution in [0.3, 0.4) is 0 Å². The fourth-order valence-electron chi connectivity index (χ4n) is 2.12. The summed E-state index contributed by atoms with van der Waals surface area (Å²) in [5.41, 5.74) is 1.41. The Labute approximate surface area is 103 Å². The molecule has 0 radical (unpaired) electrons. The van der Waals surface area contributed by atoms with Crippen molar-refractivity contribution in [2.24, 2.45) is 0 Å². The first kappa shape index (κ1) is 12.6. The number of aromatic nitrogens is 2. The predicted octanol–water partition coefficient (Wildman–Crippen LogP) is 2.12. The van der Waals surface area contributed by atoms with Crippen molar-refractivity contribution >= 4 is 0 Å². The minimum absolute atomic E-state index is 0.144. The van der Waals surface area contributed by atoms with Crippen molar-refractivity contribution in [1.29, 1.82) is 0 Å². The molecule has 2 rings (SSSR count). The summed E-state index contributed by atoms with van der Waals surface area (Å²) >= 11 is 0. The van der Waals surface area contributed by atoms with Crippen molar-refractivity contribution in [2.75, 3.05) is 13.2 Å². The van der Waals surface area contributed by atoms with Crippen LogP contribution < -0.4 is 5.32 Å². The molecule has 2 heterocycles. The van der Waals surface area contributed by atoms with E-state index in [4.69, 9.17) is 4.74 Å². The van der Waals surface area contributed by atoms with Gasteiger partial charge >= 0.3 is 0 Å². The highest BCUT2D eigenvalue weighted by Crippen LogP contribution is 2.22. The third-order valence-corrected chi connectivity index (χ3v) is 3.13. The first-order chi connectivity index (χ1) is 8.06. The van der Waals surface area contributed by atoms with Gasteiger partial charge in [0.25, 0.3) is 0 Å². The Morgan fingerprint density at radius 3 is 2.76 bits per heavy atom. The van der Waals surface area contributed by atoms with Gasteiger partial charge in [-0.3, -0.25) is 0 Å². The van der Waals surface area contributed by atoms with Crippen molar-refractivity contribution in [3.05, 3.63) is 18.2 Å². The Kier molecular flexibility index (Phi) is 3.84. The SMILES string of the molecule is CC(C)(C)NCc1cncn1C1CCOCC1. The molecule has 0 bridgehead atoms. The molecule has 0 amide bonds. The third kappa shape index (κ3) is 3.54. The van der Waals surface area contributed by atoms with Gasteiger partial charge in [0.15, 0.2) is 0 Å². The minimum Gasteiger partial charge on any atom is -0.381 e. The van der Waals surface area contributed by atoms with Crippen LogP contribution in [-0.4, -0.2) is 28.3 Å². The smallest absolute Gasteiger partial charge is 0.0951 e. The Bertz CT molecular complexity index is 348. The highest BCUT2D eigenvalue weighted by Gasteiger charge is 2.18. The van der Waals surface area contributed by atoms with Gasteiger partial charge in [-0.2, -0.15) is 0 Å². The van der Waals surface area contributed by atoms with Crippen LogP contribution in [0.2, 0.25) is 0 Å². The van der Waals surface area contributed by atoms with Crippen LogP contribution in [0.25, 0.3) is 0 Å². The average molecular weight is 237 g/mol. The van der Waals surface area contributed by atoms with Crippen LogP contribution in [0.4, 0.5) is 0 Å². The van der Waals surface area contributed by atoms with Crippen molar-refractivity contribution in [2.45, 2.75) is 51.7 Å². The summed E-state index contributed by atoms with van der Waals surface area (Å²) in [7, 11) is 0. The molecule has 0 saturated carbocycles. The fourth-order valence-corrected chi connectivity index (χ4v) is 2.12. The predicted molar refractivity (Wildman–Crippen MR) is 67.9 cm³/mol. The summed E-state index contributed by atoms with van der Waals surface area (Å²) in [6.07, 6.45) is 6.11. The number of ether oxygens (including phenoxy) is 1. The van der Waals surface area contributed by atoms with Crippen molar-refractivity contribution in [3.63, 3.8) is 0 Å². The molecule has 4 nitrogen and oxygen atoms in total. The normalized spacial score (nSPS) is 18.5. The number of nitrogens with one attached hydrogen (secondary N) is 1. The standard InChI is InChI=1S/C13H23N3O/c1-13(2,3)15-9-12-8-14-10-16(12)11-4-6-17-7-5-11/h8,10-11,15H,4-7,9H2,1-3H3. The summed E-state index contributed by atoms with van der Waals surface area (Å²) in [6.45, 7) is 9.16. The quantitative estimate of drug-likeness (QED) is 0.875. The van der Waals surface area contributed by atoms with Gasteiger partial charge in [-0.25, -0.2) is 4.98 Å². The maximum atomic E-state index is 5.40. The van der Waals surface area contributed by atoms with E-state index < -0.39 is 0 Å². The Morgan fingerprint density at radius 2 is 2.12 bits per heavy atom. The molecule has 0 unspecified atom stereocenters. The highest BCUT2D eigenvalue weighted by atomic mass is 16.5. The van der Waals surface area contributed by atoms with Crippen molar-refractivity contribution in [3.8, 4) is 0 Å². The average Bonchev–Trinajstić information content (AvgIpc) is 2.75. The molecule has 1 aliphatic rings. The second-order valence-corrected chi connectivity index (χ2v) is 5.74. The lowest BCUT2D eigenvalue weighted by Gasteiger charge is -2.26. The largest absolute Gasteiger partial charge is 0.381 e. The molecule has 1 fully saturated rings. The van der Waals surface area contributed by atoms with E-state index in [-0.39, 0.29) is 5.54 Å². The second kappa shape index (κ2) is 5.19. The van der Waals surface area contributed by atoms with Crippen LogP contribution in [0.5, 0.6) is 0 Å². The van der Waals surface area contributed by atoms with Crippen molar-refractivity contribution in [1.82, 2.24) is 14.9 Å². The summed E-state index contributed by atoms with van der Waals surface area (Å²) in [4.78, 5) is 4.28. The van der Waals surface area contributed by atoms with Crippen LogP contribution in [-0.2, 0) is 11.3 Å². The van der Waals surface area contributed by atoms with E-state index in [9.17, 15) is 0 Å². The summed E-state index contributed by atoms with van der Waals surface area (Å²) < 4.78 is 7.71. The van der Waals surface area contributed by atoms with Crippen LogP contribution in [0, 0.1) is 0 Å². The van der Waals surface area contributed by atoms with E-state index in [1.807, 2.05) is 12.5 Å². The van der Waals surface area contributed by atoms with Crippen LogP contribution in [0.15, 0.2) is 12.5 Å². The monoisotopic (exact) mass is 237 g/mol. The molecule has 1 saturated heterocycles. The molecule has 0 spiro atoms. The van der Waals surface area contributed by atoms with Crippen molar-refractivity contribution < 1.29 is 4.74 Å². The molecule has 17 heavy (non-hydrogen) atoms. The zero-order valence-corrected chi connectivity index (χ0v) is 11.1. The molecular weight excluding hydrogens is 214 g/mol. The van der Waals surface area contributed by atoms with Gasteiger partial charge in [0, 0.05) is 37.5 Å². The molecule has 1 N–H and O–H groups in total. The van der Waals surface area contributed by atoms with E-state index in [2.05, 4.69) is 35.6 Å². The van der Waals surface area contributed by atoms with Gasteiger partial charge in [-0.05, 0) is 33.6 Å². The first-order valence-corrected chi connectivity index (χ1v) is 6.40. The summed E-state index contributed by atoms with van der Waals surface area (Å²) in [5, 5.41) is 3.51. The van der Waals surface area contributed by atoms with Crippen LogP contribution in [0.1, 0.15) is 45.3 Å². The number of hydrogen-bond acceptors (Lipinski definition) is 3. The molecular formula is C13H23N3O. The minimum atomic E-state index is 0.144. The van der Waals surface area contributed by atoms with Gasteiger partial charge in [0.2, 0.25) is 0 Å². The Balaban J connectivity index is 2.00. The zero-order valence-electron chi connectivity index (χ0n) is 11.1. The van der Waals surface area contributed by atoms with Gasteiger partial charge in [0.05, 0.1) is 12.0 Å². The number of rotatable bonds is 3. The number of nitrogens with zero attached hydrogens (tertiary/aromatic N) is 2. The number of hydrogen-bond donors (Lipinski definition) is 1. The van der Waals surface area contributed by atoms with E-state index in [0.29, 0.717) is 6.04 Å². The molecule has 1 aliphatic heterocycles. The van der Waals surface area contributed by atoms with E-state index >= 15 is 0 Å². The molecule has 0 atom stereocenters. The lowest BCUT2D eigenvalue weighted by atomic mass is 10.1.